The van der Waals surface area contributed by atoms with Crippen LogP contribution < -0.4 is 4.74 Å². The Hall–Kier alpha value is -1.31. The first-order valence-corrected chi connectivity index (χ1v) is 8.04. The molecule has 0 N–H and O–H groups in total. The third-order valence-electron chi connectivity index (χ3n) is 4.91. The molecule has 2 aliphatic rings. The fourth-order valence-electron chi connectivity index (χ4n) is 3.68. The summed E-state index contributed by atoms with van der Waals surface area (Å²) in [4.78, 5) is 11.7. The molecule has 1 aromatic carbocycles. The number of fused-ring (bicyclic) bond motifs is 1. The average Bonchev–Trinajstić information content (AvgIpc) is 2.84. The molecule has 20 heavy (non-hydrogen) atoms. The Kier molecular flexibility index (Phi) is 4.09. The van der Waals surface area contributed by atoms with Crippen LogP contribution in [0.3, 0.4) is 0 Å². The molecule has 0 atom stereocenters. The summed E-state index contributed by atoms with van der Waals surface area (Å²) in [5.41, 5.74) is 3.33. The summed E-state index contributed by atoms with van der Waals surface area (Å²) in [6.07, 6.45) is 10.7. The molecule has 1 heterocycles. The van der Waals surface area contributed by atoms with E-state index in [2.05, 4.69) is 13.0 Å². The lowest BCUT2D eigenvalue weighted by Gasteiger charge is -2.21. The number of Topliss-reactive ketones (excluding diaryl/α,β-unsaturated/α-hetero) is 1. The molecule has 1 aliphatic heterocycles. The van der Waals surface area contributed by atoms with Gasteiger partial charge in [-0.25, -0.2) is 0 Å². The zero-order chi connectivity index (χ0) is 13.9. The van der Waals surface area contributed by atoms with Crippen molar-refractivity contribution >= 4 is 5.78 Å². The topological polar surface area (TPSA) is 26.3 Å². The summed E-state index contributed by atoms with van der Waals surface area (Å²) in [5.74, 6) is 1.94. The number of hydrogen-bond acceptors (Lipinski definition) is 2. The van der Waals surface area contributed by atoms with E-state index < -0.39 is 0 Å². The van der Waals surface area contributed by atoms with Crippen molar-refractivity contribution in [1.82, 2.24) is 0 Å². The maximum absolute atomic E-state index is 11.7. The number of carbonyl (C=O) groups excluding carboxylic acids is 1. The molecule has 1 aliphatic carbocycles. The van der Waals surface area contributed by atoms with Gasteiger partial charge in [-0.3, -0.25) is 4.79 Å². The maximum Gasteiger partial charge on any atom is 0.203 e. The van der Waals surface area contributed by atoms with Gasteiger partial charge in [0.2, 0.25) is 5.78 Å². The van der Waals surface area contributed by atoms with Crippen LogP contribution in [0.5, 0.6) is 5.75 Å². The molecule has 0 unspecified atom stereocenters. The van der Waals surface area contributed by atoms with Crippen molar-refractivity contribution in [3.8, 4) is 5.75 Å². The molecule has 3 rings (SSSR count). The fourth-order valence-corrected chi connectivity index (χ4v) is 3.68. The summed E-state index contributed by atoms with van der Waals surface area (Å²) in [6, 6.07) is 3.99. The Balaban J connectivity index is 1.64. The van der Waals surface area contributed by atoms with Crippen LogP contribution in [0.4, 0.5) is 0 Å². The van der Waals surface area contributed by atoms with E-state index in [1.807, 2.05) is 6.07 Å². The Morgan fingerprint density at radius 3 is 2.80 bits per heavy atom. The minimum atomic E-state index is 0.133. The highest BCUT2D eigenvalue weighted by molar-refractivity contribution is 6.02. The third kappa shape index (κ3) is 2.74. The molecule has 0 radical (unpaired) electrons. The monoisotopic (exact) mass is 272 g/mol. The second-order valence-electron chi connectivity index (χ2n) is 6.35. The van der Waals surface area contributed by atoms with Crippen molar-refractivity contribution in [3.05, 3.63) is 28.8 Å². The molecule has 2 heteroatoms. The Labute approximate surface area is 121 Å². The van der Waals surface area contributed by atoms with Gasteiger partial charge in [-0.15, -0.1) is 0 Å². The van der Waals surface area contributed by atoms with E-state index in [-0.39, 0.29) is 12.4 Å². The highest BCUT2D eigenvalue weighted by Crippen LogP contribution is 2.34. The smallest absolute Gasteiger partial charge is 0.203 e. The molecule has 1 fully saturated rings. The lowest BCUT2D eigenvalue weighted by atomic mass is 9.85. The van der Waals surface area contributed by atoms with Gasteiger partial charge in [-0.2, -0.15) is 0 Å². The minimum Gasteiger partial charge on any atom is -0.484 e. The van der Waals surface area contributed by atoms with E-state index in [4.69, 9.17) is 4.74 Å². The van der Waals surface area contributed by atoms with Gasteiger partial charge >= 0.3 is 0 Å². The maximum atomic E-state index is 11.7. The number of ether oxygens (including phenoxy) is 1. The molecule has 1 aromatic rings. The predicted octanol–water partition coefficient (Wildman–Crippen LogP) is 4.47. The fraction of sp³-hybridized carbons (Fsp3) is 0.611. The van der Waals surface area contributed by atoms with E-state index in [0.29, 0.717) is 0 Å². The van der Waals surface area contributed by atoms with Gasteiger partial charge in [-0.05, 0) is 42.9 Å². The quantitative estimate of drug-likeness (QED) is 0.808. The molecule has 0 saturated heterocycles. The van der Waals surface area contributed by atoms with Gasteiger partial charge in [-0.1, -0.05) is 44.6 Å². The van der Waals surface area contributed by atoms with Crippen LogP contribution in [-0.2, 0) is 6.42 Å². The summed E-state index contributed by atoms with van der Waals surface area (Å²) in [5, 5.41) is 0. The van der Waals surface area contributed by atoms with E-state index in [0.717, 1.165) is 23.7 Å². The molecule has 0 bridgehead atoms. The summed E-state index contributed by atoms with van der Waals surface area (Å²) < 4.78 is 5.62. The largest absolute Gasteiger partial charge is 0.484 e. The first-order chi connectivity index (χ1) is 9.75. The summed E-state index contributed by atoms with van der Waals surface area (Å²) in [7, 11) is 0. The van der Waals surface area contributed by atoms with E-state index in [1.165, 1.54) is 56.1 Å². The number of aryl methyl sites for hydroxylation is 1. The summed E-state index contributed by atoms with van der Waals surface area (Å²) >= 11 is 0. The average molecular weight is 272 g/mol. The third-order valence-corrected chi connectivity index (χ3v) is 4.91. The van der Waals surface area contributed by atoms with Crippen LogP contribution in [0.25, 0.3) is 0 Å². The van der Waals surface area contributed by atoms with Crippen LogP contribution in [-0.4, -0.2) is 12.4 Å². The van der Waals surface area contributed by atoms with E-state index in [1.54, 1.807) is 0 Å². The van der Waals surface area contributed by atoms with Crippen LogP contribution in [0.15, 0.2) is 12.1 Å². The van der Waals surface area contributed by atoms with Crippen molar-refractivity contribution in [2.75, 3.05) is 6.61 Å². The highest BCUT2D eigenvalue weighted by Gasteiger charge is 2.24. The predicted molar refractivity (Wildman–Crippen MR) is 80.5 cm³/mol. The molecular formula is C18H24O2. The zero-order valence-electron chi connectivity index (χ0n) is 12.4. The van der Waals surface area contributed by atoms with Gasteiger partial charge in [0, 0.05) is 0 Å². The number of benzene rings is 1. The van der Waals surface area contributed by atoms with Gasteiger partial charge in [0.15, 0.2) is 6.61 Å². The molecule has 108 valence electrons. The molecule has 1 saturated carbocycles. The second kappa shape index (κ2) is 5.99. The number of ketones is 1. The van der Waals surface area contributed by atoms with Crippen LogP contribution in [0.2, 0.25) is 0 Å². The Morgan fingerprint density at radius 2 is 2.00 bits per heavy atom. The van der Waals surface area contributed by atoms with Gasteiger partial charge in [0.1, 0.15) is 5.75 Å². The second-order valence-corrected chi connectivity index (χ2v) is 6.35. The SMILES string of the molecule is Cc1ccc2c(c1CCCC1CCCCC1)OCC2=O. The van der Waals surface area contributed by atoms with Crippen molar-refractivity contribution in [2.45, 2.75) is 58.3 Å². The molecule has 0 spiro atoms. The standard InChI is InChI=1S/C18H24O2/c1-13-10-11-16-17(19)12-20-18(16)15(13)9-5-8-14-6-3-2-4-7-14/h10-11,14H,2-9,12H2,1H3. The zero-order valence-corrected chi connectivity index (χ0v) is 12.4. The lowest BCUT2D eigenvalue weighted by molar-refractivity contribution is 0.0961. The first-order valence-electron chi connectivity index (χ1n) is 8.04. The normalized spacial score (nSPS) is 18.9. The van der Waals surface area contributed by atoms with Crippen molar-refractivity contribution in [3.63, 3.8) is 0 Å². The number of hydrogen-bond donors (Lipinski definition) is 0. The highest BCUT2D eigenvalue weighted by atomic mass is 16.5. The number of carbonyl (C=O) groups is 1. The molecule has 0 aromatic heterocycles. The first kappa shape index (κ1) is 13.7. The Bertz CT molecular complexity index is 498. The number of rotatable bonds is 4. The van der Waals surface area contributed by atoms with Gasteiger partial charge in [0.25, 0.3) is 0 Å². The van der Waals surface area contributed by atoms with Crippen molar-refractivity contribution in [2.24, 2.45) is 5.92 Å². The lowest BCUT2D eigenvalue weighted by Crippen LogP contribution is -2.06. The van der Waals surface area contributed by atoms with Crippen LogP contribution in [0.1, 0.15) is 66.4 Å². The van der Waals surface area contributed by atoms with E-state index in [9.17, 15) is 4.79 Å². The summed E-state index contributed by atoms with van der Waals surface area (Å²) in [6.45, 7) is 2.36. The van der Waals surface area contributed by atoms with E-state index >= 15 is 0 Å². The van der Waals surface area contributed by atoms with Gasteiger partial charge < -0.3 is 4.74 Å². The van der Waals surface area contributed by atoms with Gasteiger partial charge in [0.05, 0.1) is 5.56 Å². The van der Waals surface area contributed by atoms with Crippen LogP contribution >= 0.6 is 0 Å². The van der Waals surface area contributed by atoms with Crippen LogP contribution in [0, 0.1) is 12.8 Å². The Morgan fingerprint density at radius 1 is 1.20 bits per heavy atom. The van der Waals surface area contributed by atoms with Crippen molar-refractivity contribution < 1.29 is 9.53 Å². The molecule has 0 amide bonds. The minimum absolute atomic E-state index is 0.133. The van der Waals surface area contributed by atoms with Crippen molar-refractivity contribution in [1.29, 1.82) is 0 Å². The molecular weight excluding hydrogens is 248 g/mol. The molecule has 2 nitrogen and oxygen atoms in total.